The molecule has 1 heterocycles. The lowest BCUT2D eigenvalue weighted by atomic mass is 10.1. The number of imidazole rings is 1. The van der Waals surface area contributed by atoms with Gasteiger partial charge in [0.2, 0.25) is 0 Å². The van der Waals surface area contributed by atoms with Crippen molar-refractivity contribution in [2.75, 3.05) is 12.9 Å². The van der Waals surface area contributed by atoms with Crippen LogP contribution in [0.25, 0.3) is 0 Å². The van der Waals surface area contributed by atoms with Gasteiger partial charge in [-0.25, -0.2) is 17.8 Å². The Morgan fingerprint density at radius 1 is 1.39 bits per heavy atom. The van der Waals surface area contributed by atoms with Gasteiger partial charge >= 0.3 is 6.18 Å². The molecule has 1 aromatic heterocycles. The van der Waals surface area contributed by atoms with E-state index in [4.69, 9.17) is 16.3 Å². The fourth-order valence-electron chi connectivity index (χ4n) is 3.01. The summed E-state index contributed by atoms with van der Waals surface area (Å²) >= 11 is 5.81. The van der Waals surface area contributed by atoms with E-state index in [-0.39, 0.29) is 34.6 Å². The minimum atomic E-state index is -4.28. The lowest BCUT2D eigenvalue weighted by Gasteiger charge is -2.17. The minimum absolute atomic E-state index is 0.0355. The van der Waals surface area contributed by atoms with Crippen LogP contribution in [0.2, 0.25) is 5.02 Å². The molecule has 0 spiro atoms. The summed E-state index contributed by atoms with van der Waals surface area (Å²) in [5, 5.41) is -0.388. The number of aryl methyl sites for hydroxylation is 1. The maximum atomic E-state index is 13.5. The molecule has 1 aliphatic rings. The number of aromatic amines is 1. The van der Waals surface area contributed by atoms with Crippen LogP contribution in [0.3, 0.4) is 0 Å². The van der Waals surface area contributed by atoms with Crippen molar-refractivity contribution in [1.29, 1.82) is 0 Å². The molecule has 0 saturated heterocycles. The summed E-state index contributed by atoms with van der Waals surface area (Å²) in [6.45, 7) is 1.29. The van der Waals surface area contributed by atoms with E-state index in [9.17, 15) is 26.0 Å². The number of nitrogens with one attached hydrogen (secondary N) is 1. The topological polar surface area (TPSA) is 72.0 Å². The second-order valence-electron chi connectivity index (χ2n) is 6.86. The first-order chi connectivity index (χ1) is 12.9. The predicted molar refractivity (Wildman–Crippen MR) is 93.3 cm³/mol. The van der Waals surface area contributed by atoms with Crippen LogP contribution in [-0.4, -0.2) is 37.4 Å². The maximum absolute atomic E-state index is 13.5. The van der Waals surface area contributed by atoms with Crippen molar-refractivity contribution in [3.05, 3.63) is 46.1 Å². The van der Waals surface area contributed by atoms with E-state index in [1.54, 1.807) is 0 Å². The fourth-order valence-corrected chi connectivity index (χ4v) is 4.07. The molecule has 1 unspecified atom stereocenters. The molecule has 3 atom stereocenters. The Kier molecular flexibility index (Phi) is 5.50. The van der Waals surface area contributed by atoms with Crippen LogP contribution in [0.5, 0.6) is 0 Å². The molecular weight excluding hydrogens is 424 g/mol. The summed E-state index contributed by atoms with van der Waals surface area (Å²) in [4.78, 5) is 6.84. The number of hydrogen-bond acceptors (Lipinski definition) is 4. The molecule has 154 valence electrons. The lowest BCUT2D eigenvalue weighted by molar-refractivity contribution is -0.153. The number of benzene rings is 1. The molecule has 2 aromatic rings. The molecule has 5 nitrogen and oxygen atoms in total. The Morgan fingerprint density at radius 2 is 2.07 bits per heavy atom. The standard InChI is InChI=1S/C17H17ClF4N2O3S/c1-8-16(28(2,25)26)24-15(23-8)14(9-3-4-13(19)12(18)6-9)27-7-10-5-11(10)17(20,21)22/h3-4,6,10-11,14H,5,7H2,1-2H3,(H,23,24)/t10-,11-,14?/m0/s1. The number of rotatable bonds is 6. The van der Waals surface area contributed by atoms with Gasteiger partial charge in [0.15, 0.2) is 14.9 Å². The molecule has 1 saturated carbocycles. The van der Waals surface area contributed by atoms with Crippen molar-refractivity contribution in [3.63, 3.8) is 0 Å². The first kappa shape index (κ1) is 21.1. The summed E-state index contributed by atoms with van der Waals surface area (Å²) in [6.07, 6.45) is -4.36. The van der Waals surface area contributed by atoms with Gasteiger partial charge in [0.05, 0.1) is 23.2 Å². The molecule has 1 fully saturated rings. The highest BCUT2D eigenvalue weighted by Gasteiger charge is 2.55. The van der Waals surface area contributed by atoms with Crippen molar-refractivity contribution in [1.82, 2.24) is 9.97 Å². The molecule has 28 heavy (non-hydrogen) atoms. The second kappa shape index (κ2) is 7.31. The van der Waals surface area contributed by atoms with Gasteiger partial charge in [-0.2, -0.15) is 13.2 Å². The Balaban J connectivity index is 1.90. The molecule has 3 rings (SSSR count). The molecule has 0 bridgehead atoms. The van der Waals surface area contributed by atoms with Crippen molar-refractivity contribution in [2.24, 2.45) is 11.8 Å². The molecule has 0 amide bonds. The average molecular weight is 441 g/mol. The first-order valence-corrected chi connectivity index (χ1v) is 10.5. The van der Waals surface area contributed by atoms with Gasteiger partial charge in [-0.1, -0.05) is 17.7 Å². The van der Waals surface area contributed by atoms with E-state index < -0.39 is 39.8 Å². The third kappa shape index (κ3) is 4.49. The molecule has 11 heteroatoms. The van der Waals surface area contributed by atoms with Crippen molar-refractivity contribution in [3.8, 4) is 0 Å². The molecule has 0 aliphatic heterocycles. The Morgan fingerprint density at radius 3 is 2.57 bits per heavy atom. The Bertz CT molecular complexity index is 991. The minimum Gasteiger partial charge on any atom is -0.365 e. The second-order valence-corrected chi connectivity index (χ2v) is 9.19. The van der Waals surface area contributed by atoms with E-state index in [0.29, 0.717) is 5.56 Å². The quantitative estimate of drug-likeness (QED) is 0.683. The van der Waals surface area contributed by atoms with Gasteiger partial charge in [-0.3, -0.25) is 0 Å². The highest BCUT2D eigenvalue weighted by Crippen LogP contribution is 2.50. The largest absolute Gasteiger partial charge is 0.392 e. The SMILES string of the molecule is Cc1[nH]c(C(OC[C@@H]2C[C@@H]2C(F)(F)F)c2ccc(F)c(Cl)c2)nc1S(C)(=O)=O. The van der Waals surface area contributed by atoms with Crippen molar-refractivity contribution >= 4 is 21.4 Å². The van der Waals surface area contributed by atoms with Crippen LogP contribution in [0.1, 0.15) is 29.6 Å². The number of alkyl halides is 3. The number of ether oxygens (including phenoxy) is 1. The van der Waals surface area contributed by atoms with Gasteiger partial charge in [-0.05, 0) is 37.0 Å². The average Bonchev–Trinajstić information content (AvgIpc) is 3.25. The number of sulfone groups is 1. The number of hydrogen-bond donors (Lipinski definition) is 1. The highest BCUT2D eigenvalue weighted by atomic mass is 35.5. The van der Waals surface area contributed by atoms with Gasteiger partial charge in [0.25, 0.3) is 0 Å². The van der Waals surface area contributed by atoms with E-state index >= 15 is 0 Å². The van der Waals surface area contributed by atoms with Gasteiger partial charge in [-0.15, -0.1) is 0 Å². The molecule has 1 N–H and O–H groups in total. The van der Waals surface area contributed by atoms with Crippen LogP contribution in [-0.2, 0) is 14.6 Å². The van der Waals surface area contributed by atoms with Crippen LogP contribution in [0.15, 0.2) is 23.2 Å². The molecular formula is C17H17ClF4N2O3S. The molecule has 1 aromatic carbocycles. The smallest absolute Gasteiger partial charge is 0.365 e. The van der Waals surface area contributed by atoms with Crippen molar-refractivity contribution in [2.45, 2.75) is 30.7 Å². The predicted octanol–water partition coefficient (Wildman–Crippen LogP) is 4.22. The zero-order chi connectivity index (χ0) is 20.9. The van der Waals surface area contributed by atoms with Gasteiger partial charge in [0, 0.05) is 6.26 Å². The number of H-pyrrole nitrogens is 1. The lowest BCUT2D eigenvalue weighted by Crippen LogP contribution is -2.16. The van der Waals surface area contributed by atoms with Crippen LogP contribution in [0, 0.1) is 24.6 Å². The summed E-state index contributed by atoms with van der Waals surface area (Å²) < 4.78 is 81.1. The monoisotopic (exact) mass is 440 g/mol. The third-order valence-corrected chi connectivity index (χ3v) is 5.91. The zero-order valence-electron chi connectivity index (χ0n) is 14.8. The molecule has 0 radical (unpaired) electrons. The van der Waals surface area contributed by atoms with Gasteiger partial charge in [0.1, 0.15) is 17.7 Å². The number of aromatic nitrogens is 2. The number of nitrogens with zero attached hydrogens (tertiary/aromatic N) is 1. The van der Waals surface area contributed by atoms with E-state index in [0.717, 1.165) is 12.3 Å². The Hall–Kier alpha value is -1.65. The van der Waals surface area contributed by atoms with Crippen molar-refractivity contribution < 1.29 is 30.7 Å². The van der Waals surface area contributed by atoms with Crippen LogP contribution < -0.4 is 0 Å². The fraction of sp³-hybridized carbons (Fsp3) is 0.471. The van der Waals surface area contributed by atoms with Crippen LogP contribution >= 0.6 is 11.6 Å². The number of halogens is 5. The first-order valence-electron chi connectivity index (χ1n) is 8.27. The zero-order valence-corrected chi connectivity index (χ0v) is 16.4. The summed E-state index contributed by atoms with van der Waals surface area (Å²) in [5.41, 5.74) is 0.600. The molecule has 1 aliphatic carbocycles. The van der Waals surface area contributed by atoms with E-state index in [1.165, 1.54) is 19.1 Å². The Labute approximate surface area is 164 Å². The summed E-state index contributed by atoms with van der Waals surface area (Å²) in [7, 11) is -3.62. The summed E-state index contributed by atoms with van der Waals surface area (Å²) in [5.74, 6) is -2.69. The van der Waals surface area contributed by atoms with E-state index in [2.05, 4.69) is 9.97 Å². The third-order valence-electron chi connectivity index (χ3n) is 4.52. The normalized spacial score (nSPS) is 21.0. The van der Waals surface area contributed by atoms with Crippen LogP contribution in [0.4, 0.5) is 17.6 Å². The summed E-state index contributed by atoms with van der Waals surface area (Å²) in [6, 6.07) is 3.72. The maximum Gasteiger partial charge on any atom is 0.392 e. The highest BCUT2D eigenvalue weighted by molar-refractivity contribution is 7.90. The van der Waals surface area contributed by atoms with Gasteiger partial charge < -0.3 is 9.72 Å². The van der Waals surface area contributed by atoms with E-state index in [1.807, 2.05) is 0 Å².